The van der Waals surface area contributed by atoms with E-state index in [-0.39, 0.29) is 18.4 Å². The lowest BCUT2D eigenvalue weighted by molar-refractivity contribution is -0.127. The highest BCUT2D eigenvalue weighted by Gasteiger charge is 2.17. The largest absolute Gasteiger partial charge is 0.481 e. The highest BCUT2D eigenvalue weighted by molar-refractivity contribution is 5.93. The van der Waals surface area contributed by atoms with E-state index >= 15 is 0 Å². The van der Waals surface area contributed by atoms with Crippen LogP contribution in [0.4, 0.5) is 5.82 Å². The van der Waals surface area contributed by atoms with Crippen molar-refractivity contribution in [3.8, 4) is 11.5 Å². The minimum Gasteiger partial charge on any atom is -0.481 e. The summed E-state index contributed by atoms with van der Waals surface area (Å²) in [5, 5.41) is 5.59. The lowest BCUT2D eigenvalue weighted by atomic mass is 10.2. The average molecular weight is 448 g/mol. The van der Waals surface area contributed by atoms with Crippen LogP contribution in [0.25, 0.3) is 0 Å². The minimum atomic E-state index is -0.697. The minimum absolute atomic E-state index is 0.238. The first-order chi connectivity index (χ1) is 15.8. The van der Waals surface area contributed by atoms with Gasteiger partial charge < -0.3 is 20.1 Å². The molecule has 2 N–H and O–H groups in total. The molecule has 0 saturated heterocycles. The molecule has 7 heteroatoms. The highest BCUT2D eigenvalue weighted by atomic mass is 16.5. The third-order valence-corrected chi connectivity index (χ3v) is 4.95. The van der Waals surface area contributed by atoms with E-state index in [1.165, 1.54) is 0 Å². The molecule has 33 heavy (non-hydrogen) atoms. The van der Waals surface area contributed by atoms with E-state index < -0.39 is 12.2 Å². The van der Waals surface area contributed by atoms with Crippen LogP contribution in [-0.2, 0) is 16.1 Å². The molecule has 2 aromatic carbocycles. The van der Waals surface area contributed by atoms with Gasteiger partial charge >= 0.3 is 0 Å². The summed E-state index contributed by atoms with van der Waals surface area (Å²) in [6.07, 6.45) is 0.237. The number of hydrogen-bond donors (Lipinski definition) is 2. The number of rotatable bonds is 9. The molecule has 0 bridgehead atoms. The maximum Gasteiger partial charge on any atom is 0.266 e. The molecule has 3 aromatic rings. The fourth-order valence-electron chi connectivity index (χ4n) is 2.96. The molecule has 7 nitrogen and oxygen atoms in total. The number of nitrogens with one attached hydrogen (secondary N) is 2. The smallest absolute Gasteiger partial charge is 0.266 e. The Kier molecular flexibility index (Phi) is 8.02. The number of carbonyl (C=O) groups is 2. The third-order valence-electron chi connectivity index (χ3n) is 4.95. The number of ether oxygens (including phenoxy) is 2. The fourth-order valence-corrected chi connectivity index (χ4v) is 2.96. The molecule has 1 aromatic heterocycles. The maximum atomic E-state index is 12.5. The van der Waals surface area contributed by atoms with Gasteiger partial charge in [0.05, 0.1) is 0 Å². The van der Waals surface area contributed by atoms with E-state index in [2.05, 4.69) is 15.6 Å². The molecular formula is C26H29N3O4. The summed E-state index contributed by atoms with van der Waals surface area (Å²) in [4.78, 5) is 29.1. The van der Waals surface area contributed by atoms with Crippen LogP contribution in [0.3, 0.4) is 0 Å². The van der Waals surface area contributed by atoms with Gasteiger partial charge in [-0.25, -0.2) is 4.98 Å². The number of amides is 2. The zero-order valence-electron chi connectivity index (χ0n) is 19.3. The second-order valence-corrected chi connectivity index (χ2v) is 7.90. The summed E-state index contributed by atoms with van der Waals surface area (Å²) in [5.41, 5.74) is 3.03. The first kappa shape index (κ1) is 23.8. The van der Waals surface area contributed by atoms with Crippen molar-refractivity contribution in [2.24, 2.45) is 0 Å². The molecule has 2 amide bonds. The standard InChI is InChI=1S/C26H29N3O4/c1-17-5-9-22(10-6-17)32-19(3)25(30)28-16-21-13-14-27-24(15-21)29-26(31)20(4)33-23-11-7-18(2)8-12-23/h5-15,19-20H,16H2,1-4H3,(H,28,30)(H,27,29,31)/t19-,20-/m1/s1. The van der Waals surface area contributed by atoms with Crippen molar-refractivity contribution in [1.29, 1.82) is 0 Å². The molecule has 0 saturated carbocycles. The van der Waals surface area contributed by atoms with E-state index in [4.69, 9.17) is 9.47 Å². The number of benzene rings is 2. The number of anilines is 1. The van der Waals surface area contributed by atoms with E-state index in [0.717, 1.165) is 16.7 Å². The van der Waals surface area contributed by atoms with E-state index in [9.17, 15) is 9.59 Å². The Morgan fingerprint density at radius 2 is 1.33 bits per heavy atom. The Labute approximate surface area is 194 Å². The quantitative estimate of drug-likeness (QED) is 0.513. The molecule has 0 aliphatic heterocycles. The van der Waals surface area contributed by atoms with Crippen molar-refractivity contribution in [3.05, 3.63) is 83.6 Å². The topological polar surface area (TPSA) is 89.5 Å². The molecule has 1 heterocycles. The van der Waals surface area contributed by atoms with Gasteiger partial charge in [0.25, 0.3) is 11.8 Å². The highest BCUT2D eigenvalue weighted by Crippen LogP contribution is 2.15. The number of pyridine rings is 1. The van der Waals surface area contributed by atoms with Crippen LogP contribution in [-0.4, -0.2) is 29.0 Å². The van der Waals surface area contributed by atoms with Crippen LogP contribution in [0.5, 0.6) is 11.5 Å². The molecular weight excluding hydrogens is 418 g/mol. The molecule has 0 spiro atoms. The molecule has 0 fully saturated rings. The molecule has 0 unspecified atom stereocenters. The fraction of sp³-hybridized carbons (Fsp3) is 0.269. The first-order valence-electron chi connectivity index (χ1n) is 10.8. The molecule has 0 aliphatic rings. The predicted molar refractivity (Wildman–Crippen MR) is 127 cm³/mol. The van der Waals surface area contributed by atoms with Crippen molar-refractivity contribution < 1.29 is 19.1 Å². The second-order valence-electron chi connectivity index (χ2n) is 7.90. The van der Waals surface area contributed by atoms with Gasteiger partial charge in [0, 0.05) is 12.7 Å². The van der Waals surface area contributed by atoms with E-state index in [0.29, 0.717) is 17.3 Å². The third kappa shape index (κ3) is 7.35. The van der Waals surface area contributed by atoms with Gasteiger partial charge in [0.1, 0.15) is 17.3 Å². The molecule has 2 atom stereocenters. The lowest BCUT2D eigenvalue weighted by Crippen LogP contribution is -2.36. The number of aryl methyl sites for hydroxylation is 2. The van der Waals surface area contributed by atoms with Crippen LogP contribution in [0.2, 0.25) is 0 Å². The van der Waals surface area contributed by atoms with Crippen LogP contribution in [0, 0.1) is 13.8 Å². The van der Waals surface area contributed by atoms with Crippen LogP contribution in [0.1, 0.15) is 30.5 Å². The van der Waals surface area contributed by atoms with Crippen molar-refractivity contribution in [2.75, 3.05) is 5.32 Å². The van der Waals surface area contributed by atoms with Crippen LogP contribution in [0.15, 0.2) is 66.9 Å². The van der Waals surface area contributed by atoms with Crippen molar-refractivity contribution >= 4 is 17.6 Å². The zero-order chi connectivity index (χ0) is 23.8. The summed E-state index contributed by atoms with van der Waals surface area (Å²) in [6, 6.07) is 18.5. The lowest BCUT2D eigenvalue weighted by Gasteiger charge is -2.16. The monoisotopic (exact) mass is 447 g/mol. The Hall–Kier alpha value is -3.87. The summed E-state index contributed by atoms with van der Waals surface area (Å²) < 4.78 is 11.4. The van der Waals surface area contributed by atoms with Gasteiger partial charge in [0.2, 0.25) is 0 Å². The molecule has 172 valence electrons. The Bertz CT molecular complexity index is 1080. The van der Waals surface area contributed by atoms with Crippen molar-refractivity contribution in [3.63, 3.8) is 0 Å². The summed E-state index contributed by atoms with van der Waals surface area (Å²) in [6.45, 7) is 7.63. The predicted octanol–water partition coefficient (Wildman–Crippen LogP) is 4.19. The van der Waals surface area contributed by atoms with Gasteiger partial charge in [-0.15, -0.1) is 0 Å². The average Bonchev–Trinajstić information content (AvgIpc) is 2.80. The van der Waals surface area contributed by atoms with Gasteiger partial charge in [-0.05, 0) is 69.7 Å². The van der Waals surface area contributed by atoms with Crippen molar-refractivity contribution in [1.82, 2.24) is 10.3 Å². The normalized spacial score (nSPS) is 12.4. The van der Waals surface area contributed by atoms with Gasteiger partial charge in [-0.2, -0.15) is 0 Å². The van der Waals surface area contributed by atoms with Crippen LogP contribution >= 0.6 is 0 Å². The molecule has 0 aliphatic carbocycles. The van der Waals surface area contributed by atoms with Gasteiger partial charge in [-0.1, -0.05) is 35.4 Å². The zero-order valence-corrected chi connectivity index (χ0v) is 19.3. The Morgan fingerprint density at radius 3 is 1.88 bits per heavy atom. The number of nitrogens with zero attached hydrogens (tertiary/aromatic N) is 1. The van der Waals surface area contributed by atoms with E-state index in [1.807, 2.05) is 62.4 Å². The Morgan fingerprint density at radius 1 is 0.818 bits per heavy atom. The van der Waals surface area contributed by atoms with Gasteiger partial charge in [0.15, 0.2) is 12.2 Å². The Balaban J connectivity index is 1.50. The van der Waals surface area contributed by atoms with E-state index in [1.54, 1.807) is 32.2 Å². The maximum absolute atomic E-state index is 12.5. The first-order valence-corrected chi connectivity index (χ1v) is 10.8. The van der Waals surface area contributed by atoms with Crippen molar-refractivity contribution in [2.45, 2.75) is 46.4 Å². The SMILES string of the molecule is Cc1ccc(O[C@H](C)C(=O)NCc2ccnc(NC(=O)[C@@H](C)Oc3ccc(C)cc3)c2)cc1. The van der Waals surface area contributed by atoms with Crippen LogP contribution < -0.4 is 20.1 Å². The number of aromatic nitrogens is 1. The summed E-state index contributed by atoms with van der Waals surface area (Å²) >= 11 is 0. The number of carbonyl (C=O) groups excluding carboxylic acids is 2. The molecule has 0 radical (unpaired) electrons. The summed E-state index contributed by atoms with van der Waals surface area (Å²) in [5.74, 6) is 1.09. The summed E-state index contributed by atoms with van der Waals surface area (Å²) in [7, 11) is 0. The second kappa shape index (κ2) is 11.1. The van der Waals surface area contributed by atoms with Gasteiger partial charge in [-0.3, -0.25) is 9.59 Å². The number of hydrogen-bond acceptors (Lipinski definition) is 5. The molecule has 3 rings (SSSR count).